The van der Waals surface area contributed by atoms with Crippen molar-refractivity contribution >= 4 is 34.8 Å². The molecule has 1 amide bonds. The Balaban J connectivity index is 1.24. The fraction of sp³-hybridized carbons (Fsp3) is 0.405. The Bertz CT molecular complexity index is 1990. The van der Waals surface area contributed by atoms with Crippen LogP contribution in [0.5, 0.6) is 0 Å². The molecule has 11 nitrogen and oxygen atoms in total. The first kappa shape index (κ1) is 32.6. The highest BCUT2D eigenvalue weighted by molar-refractivity contribution is 6.07. The van der Waals surface area contributed by atoms with Gasteiger partial charge in [-0.25, -0.2) is 9.37 Å². The van der Waals surface area contributed by atoms with E-state index in [0.29, 0.717) is 53.0 Å². The number of anilines is 4. The highest BCUT2D eigenvalue weighted by Gasteiger charge is 2.32. The van der Waals surface area contributed by atoms with Gasteiger partial charge in [0.25, 0.3) is 11.5 Å². The molecule has 3 aliphatic rings. The maximum absolute atomic E-state index is 15.6. The zero-order valence-electron chi connectivity index (χ0n) is 28.5. The SMILES string of the molecule is CC(=O)OCc1c(-c2cc(Nc3ccc(N4CCN(C)C[C@@H]4C)cn3)c(=O)n(C)c2)cc(F)cc1N1CCn2c(cc3c2CCCC3)C1=O. The van der Waals surface area contributed by atoms with Crippen LogP contribution in [0.3, 0.4) is 0 Å². The summed E-state index contributed by atoms with van der Waals surface area (Å²) in [6, 6.07) is 10.5. The predicted molar refractivity (Wildman–Crippen MR) is 187 cm³/mol. The summed E-state index contributed by atoms with van der Waals surface area (Å²) in [7, 11) is 3.74. The molecule has 7 rings (SSSR count). The number of hydrogen-bond acceptors (Lipinski definition) is 8. The number of likely N-dealkylation sites (N-methyl/N-ethyl adjacent to an activating group) is 1. The smallest absolute Gasteiger partial charge is 0.302 e. The highest BCUT2D eigenvalue weighted by Crippen LogP contribution is 2.37. The maximum Gasteiger partial charge on any atom is 0.302 e. The molecule has 1 aromatic carbocycles. The second kappa shape index (κ2) is 13.1. The summed E-state index contributed by atoms with van der Waals surface area (Å²) < 4.78 is 24.6. The zero-order chi connectivity index (χ0) is 34.4. The summed E-state index contributed by atoms with van der Waals surface area (Å²) in [4.78, 5) is 50.2. The minimum Gasteiger partial charge on any atom is -0.461 e. The van der Waals surface area contributed by atoms with Gasteiger partial charge in [-0.1, -0.05) is 0 Å². The van der Waals surface area contributed by atoms with Crippen LogP contribution in [0.1, 0.15) is 54.0 Å². The number of halogens is 1. The van der Waals surface area contributed by atoms with Crippen LogP contribution >= 0.6 is 0 Å². The van der Waals surface area contributed by atoms with Gasteiger partial charge in [0.15, 0.2) is 0 Å². The Hall–Kier alpha value is -4.97. The monoisotopic (exact) mass is 667 g/mol. The molecular formula is C37H42FN7O4. The van der Waals surface area contributed by atoms with Crippen molar-refractivity contribution in [3.8, 4) is 11.1 Å². The average molecular weight is 668 g/mol. The molecule has 256 valence electrons. The Morgan fingerprint density at radius 3 is 2.61 bits per heavy atom. The van der Waals surface area contributed by atoms with Gasteiger partial charge in [0, 0.05) is 75.8 Å². The van der Waals surface area contributed by atoms with Gasteiger partial charge in [-0.05, 0) is 87.2 Å². The van der Waals surface area contributed by atoms with Gasteiger partial charge in [0.2, 0.25) is 0 Å². The standard InChI is InChI=1S/C37H42FN7O4/c1-23-20-41(3)11-12-43(23)28-9-10-35(39-19-28)40-31-15-26(21-42(4)36(31)47)29-17-27(38)18-33(30(29)22-49-24(2)46)45-14-13-44-32-8-6-5-7-25(32)16-34(44)37(45)48/h9-10,15-19,21,23H,5-8,11-14,20,22H2,1-4H3,(H,39,40)/t23-/m0/s1. The number of esters is 1. The third-order valence-electron chi connectivity index (χ3n) is 9.99. The predicted octanol–water partition coefficient (Wildman–Crippen LogP) is 4.87. The number of amides is 1. The molecule has 1 aliphatic carbocycles. The third kappa shape index (κ3) is 6.32. The lowest BCUT2D eigenvalue weighted by atomic mass is 9.97. The topological polar surface area (TPSA) is 105 Å². The molecule has 1 saturated heterocycles. The molecule has 12 heteroatoms. The van der Waals surface area contributed by atoms with E-state index in [0.717, 1.165) is 51.0 Å². The molecule has 49 heavy (non-hydrogen) atoms. The summed E-state index contributed by atoms with van der Waals surface area (Å²) in [5, 5.41) is 3.16. The number of carbonyl (C=O) groups excluding carboxylic acids is 2. The lowest BCUT2D eigenvalue weighted by Crippen LogP contribution is -2.50. The van der Waals surface area contributed by atoms with Gasteiger partial charge >= 0.3 is 5.97 Å². The first-order chi connectivity index (χ1) is 23.6. The average Bonchev–Trinajstić information content (AvgIpc) is 3.46. The Morgan fingerprint density at radius 2 is 1.86 bits per heavy atom. The van der Waals surface area contributed by atoms with E-state index in [-0.39, 0.29) is 23.8 Å². The van der Waals surface area contributed by atoms with Crippen molar-refractivity contribution in [3.05, 3.63) is 87.5 Å². The summed E-state index contributed by atoms with van der Waals surface area (Å²) in [5.41, 5.74) is 5.72. The lowest BCUT2D eigenvalue weighted by Gasteiger charge is -2.39. The van der Waals surface area contributed by atoms with E-state index in [2.05, 4.69) is 38.6 Å². The summed E-state index contributed by atoms with van der Waals surface area (Å²) in [6.45, 7) is 7.08. The van der Waals surface area contributed by atoms with Gasteiger partial charge in [-0.15, -0.1) is 0 Å². The molecule has 0 unspecified atom stereocenters. The number of fused-ring (bicyclic) bond motifs is 3. The van der Waals surface area contributed by atoms with E-state index in [4.69, 9.17) is 4.74 Å². The van der Waals surface area contributed by atoms with Crippen LogP contribution in [0, 0.1) is 5.82 Å². The number of nitrogens with one attached hydrogen (secondary N) is 1. The number of piperazine rings is 1. The Morgan fingerprint density at radius 1 is 1.04 bits per heavy atom. The van der Waals surface area contributed by atoms with Crippen molar-refractivity contribution in [2.75, 3.05) is 48.3 Å². The zero-order valence-corrected chi connectivity index (χ0v) is 28.5. The van der Waals surface area contributed by atoms with Crippen molar-refractivity contribution in [1.82, 2.24) is 19.0 Å². The third-order valence-corrected chi connectivity index (χ3v) is 9.99. The molecule has 3 aromatic heterocycles. The van der Waals surface area contributed by atoms with E-state index in [1.54, 1.807) is 30.4 Å². The van der Waals surface area contributed by atoms with Gasteiger partial charge in [0.1, 0.15) is 29.6 Å². The summed E-state index contributed by atoms with van der Waals surface area (Å²) in [6.07, 6.45) is 7.51. The minimum absolute atomic E-state index is 0.180. The number of carbonyl (C=O) groups is 2. The van der Waals surface area contributed by atoms with Crippen molar-refractivity contribution in [2.24, 2.45) is 7.05 Å². The van der Waals surface area contributed by atoms with Crippen molar-refractivity contribution < 1.29 is 18.7 Å². The molecule has 1 N–H and O–H groups in total. The minimum atomic E-state index is -0.552. The number of hydrogen-bond donors (Lipinski definition) is 1. The van der Waals surface area contributed by atoms with Gasteiger partial charge in [-0.3, -0.25) is 14.4 Å². The van der Waals surface area contributed by atoms with E-state index < -0.39 is 11.8 Å². The number of nitrogens with zero attached hydrogens (tertiary/aromatic N) is 6. The van der Waals surface area contributed by atoms with Gasteiger partial charge in [-0.2, -0.15) is 0 Å². The van der Waals surface area contributed by atoms with E-state index in [9.17, 15) is 14.4 Å². The molecule has 4 aromatic rings. The Kier molecular flexibility index (Phi) is 8.74. The van der Waals surface area contributed by atoms with Crippen molar-refractivity contribution in [2.45, 2.75) is 58.7 Å². The van der Waals surface area contributed by atoms with Crippen molar-refractivity contribution in [1.29, 1.82) is 0 Å². The fourth-order valence-corrected chi connectivity index (χ4v) is 7.55. The van der Waals surface area contributed by atoms with Crippen LogP contribution in [0.15, 0.2) is 53.6 Å². The molecule has 0 radical (unpaired) electrons. The number of benzene rings is 1. The molecule has 1 atom stereocenters. The van der Waals surface area contributed by atoms with Crippen LogP contribution < -0.4 is 20.7 Å². The number of ether oxygens (including phenoxy) is 1. The van der Waals surface area contributed by atoms with Crippen LogP contribution in [-0.4, -0.2) is 70.2 Å². The number of aromatic nitrogens is 3. The summed E-state index contributed by atoms with van der Waals surface area (Å²) >= 11 is 0. The van der Waals surface area contributed by atoms with Crippen LogP contribution in [0.25, 0.3) is 11.1 Å². The number of rotatable bonds is 7. The maximum atomic E-state index is 15.6. The molecule has 0 spiro atoms. The van der Waals surface area contributed by atoms with E-state index >= 15 is 4.39 Å². The summed E-state index contributed by atoms with van der Waals surface area (Å²) in [5.74, 6) is -0.784. The van der Waals surface area contributed by atoms with Crippen LogP contribution in [0.2, 0.25) is 0 Å². The molecule has 2 aliphatic heterocycles. The fourth-order valence-electron chi connectivity index (χ4n) is 7.55. The Labute approximate surface area is 284 Å². The van der Waals surface area contributed by atoms with Crippen molar-refractivity contribution in [3.63, 3.8) is 0 Å². The molecule has 0 bridgehead atoms. The molecule has 1 fully saturated rings. The molecular weight excluding hydrogens is 625 g/mol. The largest absolute Gasteiger partial charge is 0.461 e. The molecule has 5 heterocycles. The van der Waals surface area contributed by atoms with E-state index in [1.807, 2.05) is 18.2 Å². The first-order valence-corrected chi connectivity index (χ1v) is 17.0. The van der Waals surface area contributed by atoms with E-state index in [1.165, 1.54) is 34.9 Å². The van der Waals surface area contributed by atoms with Crippen LogP contribution in [0.4, 0.5) is 27.3 Å². The first-order valence-electron chi connectivity index (χ1n) is 17.0. The second-order valence-electron chi connectivity index (χ2n) is 13.4. The molecule has 0 saturated carbocycles. The van der Waals surface area contributed by atoms with Crippen LogP contribution in [-0.2, 0) is 42.6 Å². The van der Waals surface area contributed by atoms with Gasteiger partial charge in [0.05, 0.1) is 17.6 Å². The lowest BCUT2D eigenvalue weighted by molar-refractivity contribution is -0.142. The second-order valence-corrected chi connectivity index (χ2v) is 13.4. The highest BCUT2D eigenvalue weighted by atomic mass is 19.1. The number of aryl methyl sites for hydroxylation is 2. The number of pyridine rings is 2. The quantitative estimate of drug-likeness (QED) is 0.279. The van der Waals surface area contributed by atoms with Gasteiger partial charge < -0.3 is 33.9 Å². The normalized spacial score (nSPS) is 17.9.